The maximum Gasteiger partial charge on any atom is 0.348 e. The Labute approximate surface area is 167 Å². The van der Waals surface area contributed by atoms with Gasteiger partial charge in [0.15, 0.2) is 0 Å². The van der Waals surface area contributed by atoms with Gasteiger partial charge in [0.25, 0.3) is 5.56 Å². The molecule has 140 valence electrons. The van der Waals surface area contributed by atoms with Crippen LogP contribution in [0.4, 0.5) is 0 Å². The molecule has 1 aromatic carbocycles. The summed E-state index contributed by atoms with van der Waals surface area (Å²) in [6, 6.07) is 7.45. The molecule has 4 rings (SSSR count). The van der Waals surface area contributed by atoms with E-state index < -0.39 is 5.97 Å². The molecule has 2 aromatic heterocycles. The number of carbonyl (C=O) groups excluding carboxylic acids is 1. The molecule has 8 heteroatoms. The fourth-order valence-electron chi connectivity index (χ4n) is 3.19. The van der Waals surface area contributed by atoms with Gasteiger partial charge in [-0.15, -0.1) is 11.3 Å². The highest BCUT2D eigenvalue weighted by Crippen LogP contribution is 2.29. The minimum Gasteiger partial charge on any atom is -0.490 e. The molecule has 3 aromatic rings. The van der Waals surface area contributed by atoms with Crippen molar-refractivity contribution < 1.29 is 14.3 Å². The van der Waals surface area contributed by atoms with Crippen molar-refractivity contribution in [1.29, 1.82) is 0 Å². The molecule has 3 heterocycles. The Bertz CT molecular complexity index is 1090. The zero-order chi connectivity index (χ0) is 19.0. The summed E-state index contributed by atoms with van der Waals surface area (Å²) in [7, 11) is 0. The number of fused-ring (bicyclic) bond motifs is 2. The summed E-state index contributed by atoms with van der Waals surface area (Å²) >= 11 is 4.60. The zero-order valence-electron chi connectivity index (χ0n) is 14.7. The van der Waals surface area contributed by atoms with Crippen LogP contribution in [-0.2, 0) is 17.7 Å². The van der Waals surface area contributed by atoms with Crippen molar-refractivity contribution >= 4 is 43.5 Å². The van der Waals surface area contributed by atoms with Crippen molar-refractivity contribution in [1.82, 2.24) is 9.55 Å². The van der Waals surface area contributed by atoms with E-state index >= 15 is 0 Å². The second-order valence-electron chi connectivity index (χ2n) is 6.27. The van der Waals surface area contributed by atoms with Crippen LogP contribution >= 0.6 is 27.3 Å². The number of benzene rings is 1. The quantitative estimate of drug-likeness (QED) is 0.439. The first-order chi connectivity index (χ1) is 13.0. The van der Waals surface area contributed by atoms with Crippen molar-refractivity contribution in [2.45, 2.75) is 26.3 Å². The van der Waals surface area contributed by atoms with Crippen molar-refractivity contribution in [3.8, 4) is 5.75 Å². The van der Waals surface area contributed by atoms with Gasteiger partial charge >= 0.3 is 5.97 Å². The molecule has 27 heavy (non-hydrogen) atoms. The SMILES string of the molecule is Cc1c(C(=O)OCCOc2cccc(Br)c2)sc2nc3n(c(=O)c12)CCC3. The van der Waals surface area contributed by atoms with Crippen LogP contribution in [0.2, 0.25) is 0 Å². The van der Waals surface area contributed by atoms with Gasteiger partial charge in [-0.25, -0.2) is 9.78 Å². The van der Waals surface area contributed by atoms with E-state index in [4.69, 9.17) is 9.47 Å². The highest BCUT2D eigenvalue weighted by atomic mass is 79.9. The molecule has 0 radical (unpaired) electrons. The summed E-state index contributed by atoms with van der Waals surface area (Å²) in [6.45, 7) is 2.85. The summed E-state index contributed by atoms with van der Waals surface area (Å²) < 4.78 is 13.5. The van der Waals surface area contributed by atoms with E-state index in [0.717, 1.165) is 23.1 Å². The van der Waals surface area contributed by atoms with Crippen molar-refractivity contribution in [3.63, 3.8) is 0 Å². The number of aryl methyl sites for hydroxylation is 2. The number of carbonyl (C=O) groups is 1. The summed E-state index contributed by atoms with van der Waals surface area (Å²) in [4.78, 5) is 30.7. The molecule has 0 atom stereocenters. The highest BCUT2D eigenvalue weighted by molar-refractivity contribution is 9.10. The molecule has 0 saturated heterocycles. The van der Waals surface area contributed by atoms with Gasteiger partial charge < -0.3 is 9.47 Å². The first-order valence-electron chi connectivity index (χ1n) is 8.63. The standard InChI is InChI=1S/C19H17BrN2O4S/c1-11-15-17(21-14-6-3-7-22(14)18(15)23)27-16(11)19(24)26-9-8-25-13-5-2-4-12(20)10-13/h2,4-5,10H,3,6-9H2,1H3. The number of rotatable bonds is 5. The topological polar surface area (TPSA) is 70.4 Å². The Kier molecular flexibility index (Phi) is 5.01. The van der Waals surface area contributed by atoms with E-state index in [1.807, 2.05) is 24.3 Å². The number of thiophene rings is 1. The van der Waals surface area contributed by atoms with Gasteiger partial charge in [-0.2, -0.15) is 0 Å². The molecule has 0 aliphatic carbocycles. The van der Waals surface area contributed by atoms with Crippen LogP contribution in [-0.4, -0.2) is 28.7 Å². The van der Waals surface area contributed by atoms with Gasteiger partial charge in [-0.1, -0.05) is 22.0 Å². The number of esters is 1. The number of hydrogen-bond donors (Lipinski definition) is 0. The van der Waals surface area contributed by atoms with Crippen LogP contribution in [0, 0.1) is 6.92 Å². The average Bonchev–Trinajstić information content (AvgIpc) is 3.24. The van der Waals surface area contributed by atoms with Crippen LogP contribution in [0.5, 0.6) is 5.75 Å². The van der Waals surface area contributed by atoms with Crippen molar-refractivity contribution in [3.05, 3.63) is 55.4 Å². The molecule has 0 saturated carbocycles. The lowest BCUT2D eigenvalue weighted by Crippen LogP contribution is -2.20. The van der Waals surface area contributed by atoms with E-state index in [0.29, 0.717) is 33.0 Å². The van der Waals surface area contributed by atoms with Gasteiger partial charge in [0.1, 0.15) is 34.5 Å². The van der Waals surface area contributed by atoms with E-state index in [-0.39, 0.29) is 18.8 Å². The summed E-state index contributed by atoms with van der Waals surface area (Å²) in [5, 5.41) is 0.531. The summed E-state index contributed by atoms with van der Waals surface area (Å²) in [6.07, 6.45) is 1.74. The molecule has 0 N–H and O–H groups in total. The third kappa shape index (κ3) is 3.51. The Hall–Kier alpha value is -2.19. The van der Waals surface area contributed by atoms with Gasteiger partial charge in [-0.3, -0.25) is 9.36 Å². The Morgan fingerprint density at radius 2 is 2.22 bits per heavy atom. The molecule has 0 fully saturated rings. The van der Waals surface area contributed by atoms with Gasteiger partial charge in [0.05, 0.1) is 5.39 Å². The van der Waals surface area contributed by atoms with Gasteiger partial charge in [0.2, 0.25) is 0 Å². The van der Waals surface area contributed by atoms with E-state index in [1.165, 1.54) is 11.3 Å². The van der Waals surface area contributed by atoms with Crippen LogP contribution in [0.3, 0.4) is 0 Å². The molecule has 0 bridgehead atoms. The van der Waals surface area contributed by atoms with Crippen LogP contribution in [0.25, 0.3) is 10.2 Å². The van der Waals surface area contributed by atoms with Crippen LogP contribution in [0.1, 0.15) is 27.5 Å². The molecule has 1 aliphatic rings. The van der Waals surface area contributed by atoms with E-state index in [2.05, 4.69) is 20.9 Å². The largest absolute Gasteiger partial charge is 0.490 e. The third-order valence-corrected chi connectivity index (χ3v) is 6.14. The molecule has 1 aliphatic heterocycles. The predicted octanol–water partition coefficient (Wildman–Crippen LogP) is 3.71. The van der Waals surface area contributed by atoms with Crippen LogP contribution in [0.15, 0.2) is 33.5 Å². The molecule has 0 amide bonds. The number of ether oxygens (including phenoxy) is 2. The van der Waals surface area contributed by atoms with E-state index in [1.54, 1.807) is 11.5 Å². The van der Waals surface area contributed by atoms with Crippen LogP contribution < -0.4 is 10.3 Å². The van der Waals surface area contributed by atoms with Crippen molar-refractivity contribution in [2.75, 3.05) is 13.2 Å². The Balaban J connectivity index is 1.46. The smallest absolute Gasteiger partial charge is 0.348 e. The van der Waals surface area contributed by atoms with Gasteiger partial charge in [0, 0.05) is 17.4 Å². The first kappa shape index (κ1) is 18.2. The predicted molar refractivity (Wildman–Crippen MR) is 107 cm³/mol. The highest BCUT2D eigenvalue weighted by Gasteiger charge is 2.23. The minimum atomic E-state index is -0.446. The molecule has 0 unspecified atom stereocenters. The number of hydrogen-bond acceptors (Lipinski definition) is 6. The van der Waals surface area contributed by atoms with E-state index in [9.17, 15) is 9.59 Å². The maximum atomic E-state index is 12.7. The Morgan fingerprint density at radius 3 is 3.04 bits per heavy atom. The zero-order valence-corrected chi connectivity index (χ0v) is 17.1. The first-order valence-corrected chi connectivity index (χ1v) is 10.2. The lowest BCUT2D eigenvalue weighted by molar-refractivity contribution is 0.0455. The summed E-state index contributed by atoms with van der Waals surface area (Å²) in [5.41, 5.74) is 0.589. The molecule has 6 nitrogen and oxygen atoms in total. The molecular formula is C19H17BrN2O4S. The second kappa shape index (κ2) is 7.44. The third-order valence-electron chi connectivity index (χ3n) is 4.48. The second-order valence-corrected chi connectivity index (χ2v) is 8.18. The van der Waals surface area contributed by atoms with Crippen molar-refractivity contribution in [2.24, 2.45) is 0 Å². The molecular weight excluding hydrogens is 432 g/mol. The fraction of sp³-hybridized carbons (Fsp3) is 0.316. The lowest BCUT2D eigenvalue weighted by Gasteiger charge is -2.07. The average molecular weight is 449 g/mol. The lowest BCUT2D eigenvalue weighted by atomic mass is 10.2. The number of nitrogens with zero attached hydrogens (tertiary/aromatic N) is 2. The Morgan fingerprint density at radius 1 is 1.37 bits per heavy atom. The number of halogens is 1. The minimum absolute atomic E-state index is 0.0571. The van der Waals surface area contributed by atoms with Gasteiger partial charge in [-0.05, 0) is 37.1 Å². The fourth-order valence-corrected chi connectivity index (χ4v) is 4.65. The number of aromatic nitrogens is 2. The monoisotopic (exact) mass is 448 g/mol. The normalized spacial score (nSPS) is 13.0. The molecule has 0 spiro atoms. The summed E-state index contributed by atoms with van der Waals surface area (Å²) in [5.74, 6) is 1.05. The maximum absolute atomic E-state index is 12.7.